The minimum atomic E-state index is 0.185. The van der Waals surface area contributed by atoms with Crippen molar-refractivity contribution in [3.63, 3.8) is 0 Å². The first-order valence-corrected chi connectivity index (χ1v) is 5.28. The number of nitrogens with one attached hydrogen (secondary N) is 2. The van der Waals surface area contributed by atoms with Crippen molar-refractivity contribution < 1.29 is 0 Å². The van der Waals surface area contributed by atoms with Gasteiger partial charge in [0.2, 0.25) is 0 Å². The van der Waals surface area contributed by atoms with E-state index >= 15 is 0 Å². The minimum absolute atomic E-state index is 0.185. The molecule has 2 aliphatic heterocycles. The molecule has 0 aliphatic carbocycles. The molecule has 0 aromatic rings. The van der Waals surface area contributed by atoms with Crippen LogP contribution in [0.15, 0.2) is 0 Å². The Morgan fingerprint density at radius 1 is 1.08 bits per heavy atom. The molecule has 2 unspecified atom stereocenters. The SMILES string of the molecule is N#CC(C1CCCN1)C1CCCN1. The summed E-state index contributed by atoms with van der Waals surface area (Å²) in [5.41, 5.74) is 0. The van der Waals surface area contributed by atoms with Gasteiger partial charge in [-0.2, -0.15) is 5.26 Å². The summed E-state index contributed by atoms with van der Waals surface area (Å²) in [6, 6.07) is 3.35. The summed E-state index contributed by atoms with van der Waals surface area (Å²) in [7, 11) is 0. The normalized spacial score (nSPS) is 35.9. The van der Waals surface area contributed by atoms with Gasteiger partial charge in [0, 0.05) is 12.1 Å². The maximum atomic E-state index is 9.12. The Hall–Kier alpha value is -0.590. The van der Waals surface area contributed by atoms with Crippen molar-refractivity contribution in [2.45, 2.75) is 37.8 Å². The van der Waals surface area contributed by atoms with Crippen molar-refractivity contribution in [3.8, 4) is 6.07 Å². The topological polar surface area (TPSA) is 47.9 Å². The Balaban J connectivity index is 1.95. The Labute approximate surface area is 79.5 Å². The van der Waals surface area contributed by atoms with E-state index in [0.717, 1.165) is 13.1 Å². The third kappa shape index (κ3) is 1.84. The summed E-state index contributed by atoms with van der Waals surface area (Å²) in [5.74, 6) is 0.185. The van der Waals surface area contributed by atoms with Crippen LogP contribution in [0, 0.1) is 17.2 Å². The summed E-state index contributed by atoms with van der Waals surface area (Å²) in [4.78, 5) is 0. The Kier molecular flexibility index (Phi) is 2.82. The van der Waals surface area contributed by atoms with Crippen LogP contribution in [0.3, 0.4) is 0 Å². The van der Waals surface area contributed by atoms with Crippen molar-refractivity contribution >= 4 is 0 Å². The smallest absolute Gasteiger partial charge is 0.0769 e. The molecule has 2 saturated heterocycles. The number of hydrogen-bond acceptors (Lipinski definition) is 3. The molecule has 0 aromatic carbocycles. The summed E-state index contributed by atoms with van der Waals surface area (Å²) >= 11 is 0. The van der Waals surface area contributed by atoms with Gasteiger partial charge in [-0.25, -0.2) is 0 Å². The number of rotatable bonds is 2. The van der Waals surface area contributed by atoms with Gasteiger partial charge in [-0.15, -0.1) is 0 Å². The van der Waals surface area contributed by atoms with Gasteiger partial charge in [0.1, 0.15) is 0 Å². The van der Waals surface area contributed by atoms with E-state index in [9.17, 15) is 0 Å². The lowest BCUT2D eigenvalue weighted by Crippen LogP contribution is -2.41. The largest absolute Gasteiger partial charge is 0.313 e. The Morgan fingerprint density at radius 2 is 1.62 bits per heavy atom. The molecule has 0 bridgehead atoms. The van der Waals surface area contributed by atoms with E-state index in [4.69, 9.17) is 5.26 Å². The number of hydrogen-bond donors (Lipinski definition) is 2. The molecule has 72 valence electrons. The van der Waals surface area contributed by atoms with Gasteiger partial charge < -0.3 is 10.6 Å². The van der Waals surface area contributed by atoms with Gasteiger partial charge in [0.05, 0.1) is 12.0 Å². The van der Waals surface area contributed by atoms with Gasteiger partial charge in [-0.1, -0.05) is 0 Å². The maximum Gasteiger partial charge on any atom is 0.0769 e. The van der Waals surface area contributed by atoms with Crippen molar-refractivity contribution in [2.24, 2.45) is 5.92 Å². The Morgan fingerprint density at radius 3 is 1.92 bits per heavy atom. The lowest BCUT2D eigenvalue weighted by molar-refractivity contribution is 0.374. The van der Waals surface area contributed by atoms with Crippen LogP contribution in [0.5, 0.6) is 0 Å². The number of nitrogens with zero attached hydrogens (tertiary/aromatic N) is 1. The zero-order valence-electron chi connectivity index (χ0n) is 7.92. The summed E-state index contributed by atoms with van der Waals surface area (Å²) < 4.78 is 0. The van der Waals surface area contributed by atoms with E-state index < -0.39 is 0 Å². The summed E-state index contributed by atoms with van der Waals surface area (Å²) in [6.45, 7) is 2.19. The van der Waals surface area contributed by atoms with Crippen molar-refractivity contribution in [2.75, 3.05) is 13.1 Å². The molecule has 2 heterocycles. The van der Waals surface area contributed by atoms with E-state index in [-0.39, 0.29) is 5.92 Å². The van der Waals surface area contributed by atoms with Gasteiger partial charge in [0.15, 0.2) is 0 Å². The average Bonchev–Trinajstić information content (AvgIpc) is 2.76. The van der Waals surface area contributed by atoms with E-state index in [1.54, 1.807) is 0 Å². The molecule has 2 rings (SSSR count). The molecule has 2 atom stereocenters. The van der Waals surface area contributed by atoms with Crippen LogP contribution in [0.1, 0.15) is 25.7 Å². The van der Waals surface area contributed by atoms with Crippen LogP contribution in [0.2, 0.25) is 0 Å². The van der Waals surface area contributed by atoms with Crippen LogP contribution in [-0.2, 0) is 0 Å². The van der Waals surface area contributed by atoms with Crippen molar-refractivity contribution in [1.29, 1.82) is 5.26 Å². The molecule has 13 heavy (non-hydrogen) atoms. The second-order valence-electron chi connectivity index (χ2n) is 4.06. The quantitative estimate of drug-likeness (QED) is 0.653. The predicted octanol–water partition coefficient (Wildman–Crippen LogP) is 0.630. The maximum absolute atomic E-state index is 9.12. The van der Waals surface area contributed by atoms with Crippen molar-refractivity contribution in [1.82, 2.24) is 10.6 Å². The molecule has 0 radical (unpaired) electrons. The van der Waals surface area contributed by atoms with E-state index in [1.165, 1.54) is 25.7 Å². The molecule has 0 saturated carbocycles. The van der Waals surface area contributed by atoms with Crippen LogP contribution in [0.4, 0.5) is 0 Å². The minimum Gasteiger partial charge on any atom is -0.313 e. The fourth-order valence-corrected chi connectivity index (χ4v) is 2.50. The predicted molar refractivity (Wildman–Crippen MR) is 51.2 cm³/mol. The monoisotopic (exact) mass is 179 g/mol. The second kappa shape index (κ2) is 4.08. The standard InChI is InChI=1S/C10H17N3/c11-7-8(9-3-1-5-12-9)10-4-2-6-13-10/h8-10,12-13H,1-6H2. The molecule has 2 fully saturated rings. The fourth-order valence-electron chi connectivity index (χ4n) is 2.50. The number of nitriles is 1. The second-order valence-corrected chi connectivity index (χ2v) is 4.06. The van der Waals surface area contributed by atoms with E-state index in [2.05, 4.69) is 16.7 Å². The zero-order chi connectivity index (χ0) is 9.10. The highest BCUT2D eigenvalue weighted by Crippen LogP contribution is 2.22. The first kappa shape index (κ1) is 8.98. The van der Waals surface area contributed by atoms with Gasteiger partial charge in [0.25, 0.3) is 0 Å². The molecular formula is C10H17N3. The third-order valence-electron chi connectivity index (χ3n) is 3.21. The first-order chi connectivity index (χ1) is 6.42. The summed E-state index contributed by atoms with van der Waals surface area (Å²) in [6.07, 6.45) is 4.82. The summed E-state index contributed by atoms with van der Waals surface area (Å²) in [5, 5.41) is 16.0. The average molecular weight is 179 g/mol. The molecule has 2 N–H and O–H groups in total. The lowest BCUT2D eigenvalue weighted by Gasteiger charge is -2.22. The molecular weight excluding hydrogens is 162 g/mol. The molecule has 3 heteroatoms. The first-order valence-electron chi connectivity index (χ1n) is 5.28. The molecule has 2 aliphatic rings. The lowest BCUT2D eigenvalue weighted by atomic mass is 9.91. The fraction of sp³-hybridized carbons (Fsp3) is 0.900. The van der Waals surface area contributed by atoms with Crippen LogP contribution in [-0.4, -0.2) is 25.2 Å². The Bertz CT molecular complexity index is 181. The molecule has 0 amide bonds. The highest BCUT2D eigenvalue weighted by atomic mass is 15.0. The zero-order valence-corrected chi connectivity index (χ0v) is 7.92. The highest BCUT2D eigenvalue weighted by Gasteiger charge is 2.32. The molecule has 0 aromatic heterocycles. The highest BCUT2D eigenvalue weighted by molar-refractivity contribution is 5.02. The van der Waals surface area contributed by atoms with Crippen LogP contribution < -0.4 is 10.6 Å². The van der Waals surface area contributed by atoms with Crippen LogP contribution >= 0.6 is 0 Å². The van der Waals surface area contributed by atoms with E-state index in [0.29, 0.717) is 12.1 Å². The third-order valence-corrected chi connectivity index (χ3v) is 3.21. The van der Waals surface area contributed by atoms with E-state index in [1.807, 2.05) is 0 Å². The molecule has 0 spiro atoms. The van der Waals surface area contributed by atoms with Crippen LogP contribution in [0.25, 0.3) is 0 Å². The van der Waals surface area contributed by atoms with Gasteiger partial charge >= 0.3 is 0 Å². The van der Waals surface area contributed by atoms with Gasteiger partial charge in [-0.05, 0) is 38.8 Å². The van der Waals surface area contributed by atoms with Gasteiger partial charge in [-0.3, -0.25) is 0 Å². The molecule has 3 nitrogen and oxygen atoms in total. The van der Waals surface area contributed by atoms with Crippen molar-refractivity contribution in [3.05, 3.63) is 0 Å².